The first-order valence-electron chi connectivity index (χ1n) is 9.79. The number of carbonyl (C=O) groups excluding carboxylic acids is 1. The molecule has 1 heterocycles. The Balaban J connectivity index is 1.90. The van der Waals surface area contributed by atoms with Gasteiger partial charge in [0.15, 0.2) is 0 Å². The lowest BCUT2D eigenvalue weighted by molar-refractivity contribution is -0.121. The maximum Gasteiger partial charge on any atom is 0.257 e. The number of aromatic nitrogens is 2. The minimum absolute atomic E-state index is 0.171. The van der Waals surface area contributed by atoms with Crippen LogP contribution in [0.25, 0.3) is 11.4 Å². The quantitative estimate of drug-likeness (QED) is 0.560. The Bertz CT molecular complexity index is 1130. The topological polar surface area (TPSA) is 93.4 Å². The summed E-state index contributed by atoms with van der Waals surface area (Å²) < 4.78 is 6.53. The van der Waals surface area contributed by atoms with E-state index in [9.17, 15) is 14.7 Å². The van der Waals surface area contributed by atoms with Crippen molar-refractivity contribution in [3.63, 3.8) is 0 Å². The van der Waals surface area contributed by atoms with Crippen LogP contribution in [0.1, 0.15) is 16.8 Å². The molecule has 0 unspecified atom stereocenters. The smallest absolute Gasteiger partial charge is 0.257 e. The van der Waals surface area contributed by atoms with Crippen LogP contribution in [-0.2, 0) is 24.3 Å². The van der Waals surface area contributed by atoms with Gasteiger partial charge in [-0.15, -0.1) is 0 Å². The number of hydrogen-bond acceptors (Lipinski definition) is 5. The molecule has 3 rings (SSSR count). The molecule has 0 aliphatic rings. The lowest BCUT2D eigenvalue weighted by Gasteiger charge is -2.16. The number of ether oxygens (including phenoxy) is 1. The van der Waals surface area contributed by atoms with Gasteiger partial charge in [0, 0.05) is 41.4 Å². The first-order chi connectivity index (χ1) is 14.9. The number of nitrogens with zero attached hydrogens (tertiary/aromatic N) is 2. The molecule has 0 saturated heterocycles. The summed E-state index contributed by atoms with van der Waals surface area (Å²) in [7, 11) is 1.58. The first-order valence-corrected chi connectivity index (χ1v) is 10.2. The Labute approximate surface area is 185 Å². The van der Waals surface area contributed by atoms with Crippen molar-refractivity contribution < 1.29 is 14.6 Å². The Kier molecular flexibility index (Phi) is 7.44. The molecule has 0 atom stereocenters. The second-order valence-electron chi connectivity index (χ2n) is 7.00. The normalized spacial score (nSPS) is 10.7. The van der Waals surface area contributed by atoms with Crippen LogP contribution in [0.15, 0.2) is 53.3 Å². The van der Waals surface area contributed by atoms with Crippen LogP contribution in [0, 0.1) is 6.92 Å². The molecule has 0 aliphatic heterocycles. The minimum Gasteiger partial charge on any atom is -0.497 e. The van der Waals surface area contributed by atoms with E-state index in [4.69, 9.17) is 16.3 Å². The van der Waals surface area contributed by atoms with Crippen molar-refractivity contribution in [2.24, 2.45) is 0 Å². The number of aryl methyl sites for hydroxylation is 1. The fourth-order valence-corrected chi connectivity index (χ4v) is 3.37. The van der Waals surface area contributed by atoms with Crippen LogP contribution in [-0.4, -0.2) is 34.3 Å². The molecule has 0 spiro atoms. The molecule has 1 amide bonds. The number of benzene rings is 2. The Morgan fingerprint density at radius 3 is 2.65 bits per heavy atom. The summed E-state index contributed by atoms with van der Waals surface area (Å²) in [4.78, 5) is 30.4. The SMILES string of the molecule is COc1cccc(CNC(=O)Cn2c(-c3ccc(Cl)cc3)nc(C)c(CCO)c2=O)c1. The van der Waals surface area contributed by atoms with Crippen molar-refractivity contribution in [3.05, 3.63) is 80.7 Å². The molecule has 31 heavy (non-hydrogen) atoms. The molecule has 0 aliphatic carbocycles. The van der Waals surface area contributed by atoms with Gasteiger partial charge in [0.2, 0.25) is 5.91 Å². The van der Waals surface area contributed by atoms with Crippen molar-refractivity contribution in [1.82, 2.24) is 14.9 Å². The molecule has 162 valence electrons. The highest BCUT2D eigenvalue weighted by Crippen LogP contribution is 2.20. The Morgan fingerprint density at radius 1 is 1.23 bits per heavy atom. The summed E-state index contributed by atoms with van der Waals surface area (Å²) in [5, 5.41) is 12.7. The molecular weight excluding hydrogens is 418 g/mol. The zero-order valence-corrected chi connectivity index (χ0v) is 18.1. The molecule has 2 aromatic carbocycles. The number of halogens is 1. The van der Waals surface area contributed by atoms with E-state index in [1.54, 1.807) is 38.3 Å². The average molecular weight is 442 g/mol. The van der Waals surface area contributed by atoms with Gasteiger partial charge in [-0.3, -0.25) is 14.2 Å². The maximum atomic E-state index is 13.1. The van der Waals surface area contributed by atoms with E-state index in [-0.39, 0.29) is 31.0 Å². The summed E-state index contributed by atoms with van der Waals surface area (Å²) in [6, 6.07) is 14.3. The third-order valence-corrected chi connectivity index (χ3v) is 5.11. The minimum atomic E-state index is -0.344. The molecule has 0 fully saturated rings. The molecule has 7 nitrogen and oxygen atoms in total. The lowest BCUT2D eigenvalue weighted by atomic mass is 10.1. The van der Waals surface area contributed by atoms with Gasteiger partial charge in [-0.05, 0) is 48.9 Å². The number of hydrogen-bond donors (Lipinski definition) is 2. The van der Waals surface area contributed by atoms with E-state index < -0.39 is 0 Å². The number of carbonyl (C=O) groups is 1. The van der Waals surface area contributed by atoms with Crippen molar-refractivity contribution >= 4 is 17.5 Å². The largest absolute Gasteiger partial charge is 0.497 e. The number of nitrogens with one attached hydrogen (secondary N) is 1. The molecule has 0 saturated carbocycles. The highest BCUT2D eigenvalue weighted by molar-refractivity contribution is 6.30. The number of rotatable bonds is 8. The van der Waals surface area contributed by atoms with Gasteiger partial charge in [-0.1, -0.05) is 23.7 Å². The lowest BCUT2D eigenvalue weighted by Crippen LogP contribution is -2.35. The molecule has 2 N–H and O–H groups in total. The van der Waals surface area contributed by atoms with Crippen LogP contribution in [0.2, 0.25) is 5.02 Å². The van der Waals surface area contributed by atoms with Crippen molar-refractivity contribution in [3.8, 4) is 17.1 Å². The van der Waals surface area contributed by atoms with Gasteiger partial charge >= 0.3 is 0 Å². The fraction of sp³-hybridized carbons (Fsp3) is 0.261. The van der Waals surface area contributed by atoms with Crippen LogP contribution in [0.4, 0.5) is 0 Å². The third-order valence-electron chi connectivity index (χ3n) is 4.86. The molecule has 1 aromatic heterocycles. The van der Waals surface area contributed by atoms with Gasteiger partial charge in [0.25, 0.3) is 5.56 Å². The monoisotopic (exact) mass is 441 g/mol. The van der Waals surface area contributed by atoms with Crippen LogP contribution >= 0.6 is 11.6 Å². The maximum absolute atomic E-state index is 13.1. The molecule has 0 bridgehead atoms. The van der Waals surface area contributed by atoms with Crippen molar-refractivity contribution in [2.75, 3.05) is 13.7 Å². The fourth-order valence-electron chi connectivity index (χ4n) is 3.25. The van der Waals surface area contributed by atoms with E-state index >= 15 is 0 Å². The summed E-state index contributed by atoms with van der Waals surface area (Å²) >= 11 is 5.98. The zero-order valence-electron chi connectivity index (χ0n) is 17.4. The van der Waals surface area contributed by atoms with Gasteiger partial charge in [0.05, 0.1) is 7.11 Å². The van der Waals surface area contributed by atoms with E-state index in [0.717, 1.165) is 5.56 Å². The highest BCUT2D eigenvalue weighted by Gasteiger charge is 2.17. The standard InChI is InChI=1S/C23H24ClN3O4/c1-15-20(10-11-28)23(30)27(22(26-15)17-6-8-18(24)9-7-17)14-21(29)25-13-16-4-3-5-19(12-16)31-2/h3-9,12,28H,10-11,13-14H2,1-2H3,(H,25,29). The summed E-state index contributed by atoms with van der Waals surface area (Å²) in [6.07, 6.45) is 0.171. The number of amides is 1. The molecule has 8 heteroatoms. The third kappa shape index (κ3) is 5.51. The van der Waals surface area contributed by atoms with E-state index in [1.807, 2.05) is 24.3 Å². The molecule has 3 aromatic rings. The van der Waals surface area contributed by atoms with Gasteiger partial charge in [0.1, 0.15) is 18.1 Å². The first kappa shape index (κ1) is 22.5. The van der Waals surface area contributed by atoms with Crippen LogP contribution in [0.5, 0.6) is 5.75 Å². The predicted molar refractivity (Wildman–Crippen MR) is 119 cm³/mol. The zero-order chi connectivity index (χ0) is 22.4. The van der Waals surface area contributed by atoms with Crippen molar-refractivity contribution in [2.45, 2.75) is 26.4 Å². The molecule has 0 radical (unpaired) electrons. The predicted octanol–water partition coefficient (Wildman–Crippen LogP) is 2.73. The van der Waals surface area contributed by atoms with Gasteiger partial charge < -0.3 is 15.2 Å². The second-order valence-corrected chi connectivity index (χ2v) is 7.44. The number of aliphatic hydroxyl groups is 1. The average Bonchev–Trinajstić information content (AvgIpc) is 2.77. The number of aliphatic hydroxyl groups excluding tert-OH is 1. The highest BCUT2D eigenvalue weighted by atomic mass is 35.5. The summed E-state index contributed by atoms with van der Waals surface area (Å²) in [5.41, 5.74) is 2.11. The second kappa shape index (κ2) is 10.2. The van der Waals surface area contributed by atoms with Crippen LogP contribution in [0.3, 0.4) is 0 Å². The van der Waals surface area contributed by atoms with E-state index in [1.165, 1.54) is 4.57 Å². The van der Waals surface area contributed by atoms with E-state index in [2.05, 4.69) is 10.3 Å². The molecular formula is C23H24ClN3O4. The number of methoxy groups -OCH3 is 1. The Morgan fingerprint density at radius 2 is 1.97 bits per heavy atom. The van der Waals surface area contributed by atoms with Crippen LogP contribution < -0.4 is 15.6 Å². The summed E-state index contributed by atoms with van der Waals surface area (Å²) in [5.74, 6) is 0.738. The van der Waals surface area contributed by atoms with Gasteiger partial charge in [-0.25, -0.2) is 4.98 Å². The summed E-state index contributed by atoms with van der Waals surface area (Å²) in [6.45, 7) is 1.63. The van der Waals surface area contributed by atoms with E-state index in [0.29, 0.717) is 40.0 Å². The Hall–Kier alpha value is -3.16. The van der Waals surface area contributed by atoms with Gasteiger partial charge in [-0.2, -0.15) is 0 Å². The van der Waals surface area contributed by atoms with Crippen molar-refractivity contribution in [1.29, 1.82) is 0 Å².